The standard InChI is InChI=1S/C10H12Cl2.CH3NO2/c1-2-3-4-8-5-6-9(11)7-10(8)12;2-1(3)4/h5-7H,2-4H2,1H3;2H2,(H,3,4). The van der Waals surface area contributed by atoms with E-state index in [1.807, 2.05) is 12.1 Å². The van der Waals surface area contributed by atoms with Crippen LogP contribution >= 0.6 is 23.2 Å². The van der Waals surface area contributed by atoms with Crippen molar-refractivity contribution in [3.05, 3.63) is 33.8 Å². The zero-order chi connectivity index (χ0) is 12.6. The molecule has 5 heteroatoms. The monoisotopic (exact) mass is 263 g/mol. The van der Waals surface area contributed by atoms with E-state index in [0.717, 1.165) is 11.4 Å². The van der Waals surface area contributed by atoms with Crippen molar-refractivity contribution in [2.75, 3.05) is 0 Å². The molecule has 0 saturated heterocycles. The van der Waals surface area contributed by atoms with Gasteiger partial charge in [-0.2, -0.15) is 0 Å². The molecule has 16 heavy (non-hydrogen) atoms. The van der Waals surface area contributed by atoms with Crippen LogP contribution in [0.3, 0.4) is 0 Å². The molecule has 0 atom stereocenters. The number of unbranched alkanes of at least 4 members (excludes halogenated alkanes) is 1. The SMILES string of the molecule is CCCCc1ccc(Cl)cc1Cl.NC(=O)O. The number of benzene rings is 1. The van der Waals surface area contributed by atoms with E-state index in [2.05, 4.69) is 12.7 Å². The minimum Gasteiger partial charge on any atom is -0.465 e. The van der Waals surface area contributed by atoms with Crippen LogP contribution in [0.15, 0.2) is 18.2 Å². The van der Waals surface area contributed by atoms with Crippen LogP contribution in [0.5, 0.6) is 0 Å². The molecule has 3 N–H and O–H groups in total. The van der Waals surface area contributed by atoms with Gasteiger partial charge in [0.25, 0.3) is 0 Å². The number of amides is 1. The summed E-state index contributed by atoms with van der Waals surface area (Å²) in [6.07, 6.45) is 2.09. The van der Waals surface area contributed by atoms with Crippen LogP contribution in [0.2, 0.25) is 10.0 Å². The second-order valence-corrected chi connectivity index (χ2v) is 4.02. The van der Waals surface area contributed by atoms with Gasteiger partial charge in [-0.25, -0.2) is 4.79 Å². The highest BCUT2D eigenvalue weighted by molar-refractivity contribution is 6.35. The Morgan fingerprint density at radius 1 is 1.44 bits per heavy atom. The molecular weight excluding hydrogens is 249 g/mol. The summed E-state index contributed by atoms with van der Waals surface area (Å²) in [7, 11) is 0. The zero-order valence-electron chi connectivity index (χ0n) is 9.04. The molecule has 0 aliphatic heterocycles. The number of carboxylic acid groups (broad SMARTS) is 1. The Bertz CT molecular complexity index is 339. The number of rotatable bonds is 3. The summed E-state index contributed by atoms with van der Waals surface area (Å²) in [4.78, 5) is 8.78. The lowest BCUT2D eigenvalue weighted by atomic mass is 10.1. The van der Waals surface area contributed by atoms with Gasteiger partial charge in [-0.15, -0.1) is 0 Å². The number of aryl methyl sites for hydroxylation is 1. The molecule has 1 rings (SSSR count). The normalized spacial score (nSPS) is 9.19. The third-order valence-electron chi connectivity index (χ3n) is 1.81. The Hall–Kier alpha value is -0.930. The highest BCUT2D eigenvalue weighted by Crippen LogP contribution is 2.22. The molecule has 90 valence electrons. The quantitative estimate of drug-likeness (QED) is 0.867. The highest BCUT2D eigenvalue weighted by atomic mass is 35.5. The zero-order valence-corrected chi connectivity index (χ0v) is 10.6. The first-order valence-corrected chi connectivity index (χ1v) is 5.65. The van der Waals surface area contributed by atoms with Gasteiger partial charge in [-0.05, 0) is 30.5 Å². The molecule has 0 saturated carbocycles. The summed E-state index contributed by atoms with van der Waals surface area (Å²) in [5.41, 5.74) is 5.22. The Labute approximate surface area is 105 Å². The van der Waals surface area contributed by atoms with E-state index in [1.54, 1.807) is 6.07 Å². The second-order valence-electron chi connectivity index (χ2n) is 3.18. The minimum atomic E-state index is -1.33. The van der Waals surface area contributed by atoms with E-state index in [0.29, 0.717) is 5.02 Å². The fraction of sp³-hybridized carbons (Fsp3) is 0.364. The van der Waals surface area contributed by atoms with E-state index in [1.165, 1.54) is 18.4 Å². The van der Waals surface area contributed by atoms with Crippen molar-refractivity contribution in [2.24, 2.45) is 5.73 Å². The van der Waals surface area contributed by atoms with Crippen molar-refractivity contribution in [2.45, 2.75) is 26.2 Å². The number of hydrogen-bond acceptors (Lipinski definition) is 1. The summed E-state index contributed by atoms with van der Waals surface area (Å²) in [5.74, 6) is 0. The van der Waals surface area contributed by atoms with Crippen LogP contribution < -0.4 is 5.73 Å². The maximum Gasteiger partial charge on any atom is 0.402 e. The molecule has 1 amide bonds. The predicted molar refractivity (Wildman–Crippen MR) is 67.3 cm³/mol. The van der Waals surface area contributed by atoms with Gasteiger partial charge in [0.1, 0.15) is 0 Å². The van der Waals surface area contributed by atoms with Crippen molar-refractivity contribution in [1.29, 1.82) is 0 Å². The van der Waals surface area contributed by atoms with Crippen LogP contribution in [0.25, 0.3) is 0 Å². The largest absolute Gasteiger partial charge is 0.465 e. The average molecular weight is 264 g/mol. The van der Waals surface area contributed by atoms with Gasteiger partial charge >= 0.3 is 6.09 Å². The van der Waals surface area contributed by atoms with E-state index >= 15 is 0 Å². The smallest absolute Gasteiger partial charge is 0.402 e. The van der Waals surface area contributed by atoms with Crippen LogP contribution in [-0.4, -0.2) is 11.2 Å². The van der Waals surface area contributed by atoms with Crippen molar-refractivity contribution in [3.8, 4) is 0 Å². The third kappa shape index (κ3) is 7.37. The molecule has 1 aromatic carbocycles. The minimum absolute atomic E-state index is 0.709. The van der Waals surface area contributed by atoms with Gasteiger partial charge in [-0.1, -0.05) is 42.6 Å². The lowest BCUT2D eigenvalue weighted by molar-refractivity contribution is 0.205. The summed E-state index contributed by atoms with van der Waals surface area (Å²) < 4.78 is 0. The summed E-state index contributed by atoms with van der Waals surface area (Å²) >= 11 is 11.7. The first-order valence-electron chi connectivity index (χ1n) is 4.89. The summed E-state index contributed by atoms with van der Waals surface area (Å²) in [6.45, 7) is 2.17. The van der Waals surface area contributed by atoms with Gasteiger partial charge in [0.05, 0.1) is 0 Å². The van der Waals surface area contributed by atoms with E-state index < -0.39 is 6.09 Å². The first-order chi connectivity index (χ1) is 7.47. The van der Waals surface area contributed by atoms with Crippen LogP contribution in [0.1, 0.15) is 25.3 Å². The molecule has 0 aliphatic carbocycles. The Morgan fingerprint density at radius 3 is 2.44 bits per heavy atom. The first kappa shape index (κ1) is 15.1. The van der Waals surface area contributed by atoms with Gasteiger partial charge in [-0.3, -0.25) is 0 Å². The Balaban J connectivity index is 0.000000487. The van der Waals surface area contributed by atoms with Gasteiger partial charge < -0.3 is 10.8 Å². The van der Waals surface area contributed by atoms with Crippen molar-refractivity contribution >= 4 is 29.3 Å². The Kier molecular flexibility index (Phi) is 7.77. The van der Waals surface area contributed by atoms with Crippen LogP contribution in [0, 0.1) is 0 Å². The molecule has 0 spiro atoms. The maximum absolute atomic E-state index is 8.78. The van der Waals surface area contributed by atoms with Crippen LogP contribution in [0.4, 0.5) is 4.79 Å². The highest BCUT2D eigenvalue weighted by Gasteiger charge is 1.99. The number of nitrogens with two attached hydrogens (primary N) is 1. The Morgan fingerprint density at radius 2 is 2.00 bits per heavy atom. The predicted octanol–water partition coefficient (Wildman–Crippen LogP) is 3.96. The number of primary amides is 1. The molecule has 0 heterocycles. The number of halogens is 2. The van der Waals surface area contributed by atoms with E-state index in [4.69, 9.17) is 33.1 Å². The fourth-order valence-electron chi connectivity index (χ4n) is 1.09. The van der Waals surface area contributed by atoms with Gasteiger partial charge in [0, 0.05) is 10.0 Å². The second kappa shape index (κ2) is 8.25. The third-order valence-corrected chi connectivity index (χ3v) is 2.40. The summed E-state index contributed by atoms with van der Waals surface area (Å²) in [6, 6.07) is 5.69. The maximum atomic E-state index is 8.78. The van der Waals surface area contributed by atoms with Crippen LogP contribution in [-0.2, 0) is 6.42 Å². The van der Waals surface area contributed by atoms with Crippen molar-refractivity contribution in [1.82, 2.24) is 0 Å². The van der Waals surface area contributed by atoms with E-state index in [-0.39, 0.29) is 0 Å². The molecular formula is C11H15Cl2NO2. The van der Waals surface area contributed by atoms with Crippen molar-refractivity contribution in [3.63, 3.8) is 0 Å². The summed E-state index contributed by atoms with van der Waals surface area (Å²) in [5, 5.41) is 8.69. The van der Waals surface area contributed by atoms with Gasteiger partial charge in [0.15, 0.2) is 0 Å². The topological polar surface area (TPSA) is 63.3 Å². The van der Waals surface area contributed by atoms with Gasteiger partial charge in [0.2, 0.25) is 0 Å². The molecule has 0 aromatic heterocycles. The number of carbonyl (C=O) groups is 1. The fourth-order valence-corrected chi connectivity index (χ4v) is 1.59. The molecule has 0 unspecified atom stereocenters. The van der Waals surface area contributed by atoms with E-state index in [9.17, 15) is 0 Å². The lowest BCUT2D eigenvalue weighted by Gasteiger charge is -2.02. The molecule has 0 fully saturated rings. The lowest BCUT2D eigenvalue weighted by Crippen LogP contribution is -2.03. The van der Waals surface area contributed by atoms with Crippen molar-refractivity contribution < 1.29 is 9.90 Å². The molecule has 0 radical (unpaired) electrons. The average Bonchev–Trinajstić information content (AvgIpc) is 2.15. The molecule has 3 nitrogen and oxygen atoms in total. The number of hydrogen-bond donors (Lipinski definition) is 2. The molecule has 0 aliphatic rings. The molecule has 0 bridgehead atoms. The molecule has 1 aromatic rings.